The number of furan rings is 1. The molecule has 0 bridgehead atoms. The molecule has 0 unspecified atom stereocenters. The molecule has 0 N–H and O–H groups in total. The number of hydrogen-bond acceptors (Lipinski definition) is 2. The summed E-state index contributed by atoms with van der Waals surface area (Å²) >= 11 is 0. The highest BCUT2D eigenvalue weighted by Gasteiger charge is 2.16. The van der Waals surface area contributed by atoms with E-state index in [1.165, 1.54) is 0 Å². The Hall–Kier alpha value is -5.32. The van der Waals surface area contributed by atoms with Crippen LogP contribution in [0.1, 0.15) is 5.56 Å². The summed E-state index contributed by atoms with van der Waals surface area (Å²) < 4.78 is 8.30. The first-order valence-corrected chi connectivity index (χ1v) is 11.6. The van der Waals surface area contributed by atoms with Gasteiger partial charge < -0.3 is 8.98 Å². The van der Waals surface area contributed by atoms with Gasteiger partial charge in [-0.15, -0.1) is 0 Å². The Morgan fingerprint density at radius 1 is 0.667 bits per heavy atom. The van der Waals surface area contributed by atoms with Crippen LogP contribution in [-0.2, 0) is 0 Å². The maximum absolute atomic E-state index is 9.15. The number of para-hydroxylation sites is 1. The number of aromatic nitrogens is 1. The van der Waals surface area contributed by atoms with Crippen LogP contribution in [0.15, 0.2) is 108 Å². The largest absolute Gasteiger partial charge is 0.456 e. The fourth-order valence-corrected chi connectivity index (χ4v) is 5.13. The third-order valence-electron chi connectivity index (χ3n) is 6.84. The summed E-state index contributed by atoms with van der Waals surface area (Å²) in [6.45, 7) is 7.54. The van der Waals surface area contributed by atoms with E-state index in [4.69, 9.17) is 16.3 Å². The number of nitriles is 1. The summed E-state index contributed by atoms with van der Waals surface area (Å²) in [5.41, 5.74) is 8.25. The van der Waals surface area contributed by atoms with E-state index < -0.39 is 0 Å². The Balaban J connectivity index is 1.51. The first-order chi connectivity index (χ1) is 17.7. The van der Waals surface area contributed by atoms with Crippen molar-refractivity contribution in [3.8, 4) is 22.9 Å². The highest BCUT2D eigenvalue weighted by molar-refractivity contribution is 6.12. The molecular formula is C32H17N3O. The van der Waals surface area contributed by atoms with Gasteiger partial charge in [-0.05, 0) is 77.2 Å². The van der Waals surface area contributed by atoms with Crippen LogP contribution in [0.25, 0.3) is 65.4 Å². The molecule has 36 heavy (non-hydrogen) atoms. The number of fused-ring (bicyclic) bond motifs is 6. The number of nitrogens with zero attached hydrogens (tertiary/aromatic N) is 3. The lowest BCUT2D eigenvalue weighted by Gasteiger charge is -2.09. The molecule has 7 aromatic rings. The Kier molecular flexibility index (Phi) is 4.24. The molecule has 0 saturated heterocycles. The molecule has 2 heterocycles. The van der Waals surface area contributed by atoms with Gasteiger partial charge in [0, 0.05) is 21.8 Å². The van der Waals surface area contributed by atoms with Crippen LogP contribution >= 0.6 is 0 Å². The predicted octanol–water partition coefficient (Wildman–Crippen LogP) is 8.77. The number of hydrogen-bond donors (Lipinski definition) is 0. The second-order valence-corrected chi connectivity index (χ2v) is 8.85. The topological polar surface area (TPSA) is 46.2 Å². The zero-order chi connectivity index (χ0) is 24.2. The molecule has 0 aliphatic heterocycles. The average molecular weight is 460 g/mol. The van der Waals surface area contributed by atoms with Gasteiger partial charge in [-0.2, -0.15) is 5.26 Å². The summed E-state index contributed by atoms with van der Waals surface area (Å²) in [5, 5.41) is 13.4. The molecule has 0 atom stereocenters. The van der Waals surface area contributed by atoms with Crippen molar-refractivity contribution in [1.82, 2.24) is 4.57 Å². The first-order valence-electron chi connectivity index (χ1n) is 11.6. The van der Waals surface area contributed by atoms with E-state index in [2.05, 4.69) is 51.9 Å². The van der Waals surface area contributed by atoms with Crippen LogP contribution in [0.4, 0.5) is 5.69 Å². The zero-order valence-corrected chi connectivity index (χ0v) is 19.1. The standard InChI is InChI=1S/C32H17N3O/c1-34-23-11-14-30-27(17-23)26-16-22(21-8-6-20(19-33)7-9-21)10-13-29(26)35(30)24-12-15-32-28(18-24)25-4-2-3-5-31(25)36-32/h2-18H. The monoisotopic (exact) mass is 459 g/mol. The smallest absolute Gasteiger partial charge is 0.188 e. The minimum atomic E-state index is 0.613. The van der Waals surface area contributed by atoms with Crippen LogP contribution in [-0.4, -0.2) is 4.57 Å². The summed E-state index contributed by atoms with van der Waals surface area (Å²) in [6.07, 6.45) is 0. The van der Waals surface area contributed by atoms with Gasteiger partial charge in [0.25, 0.3) is 0 Å². The molecule has 0 radical (unpaired) electrons. The molecule has 0 saturated carbocycles. The summed E-state index contributed by atoms with van der Waals surface area (Å²) in [6, 6.07) is 36.5. The van der Waals surface area contributed by atoms with Crippen molar-refractivity contribution in [3.63, 3.8) is 0 Å². The highest BCUT2D eigenvalue weighted by Crippen LogP contribution is 2.38. The predicted molar refractivity (Wildman–Crippen MR) is 144 cm³/mol. The lowest BCUT2D eigenvalue weighted by atomic mass is 10.0. The Morgan fingerprint density at radius 2 is 1.39 bits per heavy atom. The third kappa shape index (κ3) is 2.92. The normalized spacial score (nSPS) is 11.3. The van der Waals surface area contributed by atoms with Crippen LogP contribution in [0, 0.1) is 17.9 Å². The molecular weight excluding hydrogens is 442 g/mol. The van der Waals surface area contributed by atoms with E-state index in [1.807, 2.05) is 66.7 Å². The molecule has 0 fully saturated rings. The van der Waals surface area contributed by atoms with E-state index in [-0.39, 0.29) is 0 Å². The second kappa shape index (κ2) is 7.60. The van der Waals surface area contributed by atoms with Crippen molar-refractivity contribution >= 4 is 49.4 Å². The molecule has 0 aliphatic rings. The molecule has 166 valence electrons. The second-order valence-electron chi connectivity index (χ2n) is 8.85. The van der Waals surface area contributed by atoms with E-state index in [0.717, 1.165) is 60.6 Å². The molecule has 4 nitrogen and oxygen atoms in total. The molecule has 5 aromatic carbocycles. The van der Waals surface area contributed by atoms with Gasteiger partial charge in [0.05, 0.1) is 29.2 Å². The van der Waals surface area contributed by atoms with Crippen LogP contribution in [0.3, 0.4) is 0 Å². The average Bonchev–Trinajstić information content (AvgIpc) is 3.47. The summed E-state index contributed by atoms with van der Waals surface area (Å²) in [7, 11) is 0. The fourth-order valence-electron chi connectivity index (χ4n) is 5.13. The van der Waals surface area contributed by atoms with Crippen LogP contribution in [0.5, 0.6) is 0 Å². The summed E-state index contributed by atoms with van der Waals surface area (Å²) in [5.74, 6) is 0. The Bertz CT molecular complexity index is 2060. The van der Waals surface area contributed by atoms with Gasteiger partial charge in [0.1, 0.15) is 11.2 Å². The molecule has 0 aliphatic carbocycles. The van der Waals surface area contributed by atoms with Crippen molar-refractivity contribution < 1.29 is 4.42 Å². The van der Waals surface area contributed by atoms with Gasteiger partial charge in [-0.3, -0.25) is 0 Å². The van der Waals surface area contributed by atoms with Crippen molar-refractivity contribution in [2.75, 3.05) is 0 Å². The lowest BCUT2D eigenvalue weighted by molar-refractivity contribution is 0.669. The van der Waals surface area contributed by atoms with E-state index in [0.29, 0.717) is 11.3 Å². The summed E-state index contributed by atoms with van der Waals surface area (Å²) in [4.78, 5) is 3.68. The van der Waals surface area contributed by atoms with Crippen LogP contribution < -0.4 is 0 Å². The van der Waals surface area contributed by atoms with E-state index in [9.17, 15) is 0 Å². The van der Waals surface area contributed by atoms with Crippen LogP contribution in [0.2, 0.25) is 0 Å². The number of rotatable bonds is 2. The Labute approximate surface area is 206 Å². The van der Waals surface area contributed by atoms with Gasteiger partial charge in [-0.1, -0.05) is 42.5 Å². The van der Waals surface area contributed by atoms with Gasteiger partial charge in [-0.25, -0.2) is 4.85 Å². The minimum absolute atomic E-state index is 0.613. The highest BCUT2D eigenvalue weighted by atomic mass is 16.3. The van der Waals surface area contributed by atoms with Crippen molar-refractivity contribution in [2.24, 2.45) is 0 Å². The van der Waals surface area contributed by atoms with Gasteiger partial charge in [0.15, 0.2) is 5.69 Å². The molecule has 0 spiro atoms. The van der Waals surface area contributed by atoms with Crippen molar-refractivity contribution in [3.05, 3.63) is 120 Å². The minimum Gasteiger partial charge on any atom is -0.456 e. The van der Waals surface area contributed by atoms with Crippen molar-refractivity contribution in [1.29, 1.82) is 5.26 Å². The van der Waals surface area contributed by atoms with Gasteiger partial charge in [0.2, 0.25) is 0 Å². The Morgan fingerprint density at radius 3 is 2.19 bits per heavy atom. The fraction of sp³-hybridized carbons (Fsp3) is 0. The lowest BCUT2D eigenvalue weighted by Crippen LogP contribution is -1.93. The van der Waals surface area contributed by atoms with Crippen molar-refractivity contribution in [2.45, 2.75) is 0 Å². The SMILES string of the molecule is [C-]#[N+]c1ccc2c(c1)c1cc(-c3ccc(C#N)cc3)ccc1n2-c1ccc2oc3ccccc3c2c1. The zero-order valence-electron chi connectivity index (χ0n) is 19.1. The molecule has 2 aromatic heterocycles. The maximum atomic E-state index is 9.15. The maximum Gasteiger partial charge on any atom is 0.188 e. The first kappa shape index (κ1) is 20.1. The van der Waals surface area contributed by atoms with E-state index >= 15 is 0 Å². The molecule has 7 rings (SSSR count). The third-order valence-corrected chi connectivity index (χ3v) is 6.84. The van der Waals surface area contributed by atoms with Gasteiger partial charge >= 0.3 is 0 Å². The number of benzene rings is 5. The quantitative estimate of drug-likeness (QED) is 0.243. The molecule has 0 amide bonds. The van der Waals surface area contributed by atoms with E-state index in [1.54, 1.807) is 0 Å². The molecule has 4 heteroatoms.